The molecule has 1 aromatic heterocycles. The number of nitrogens with zero attached hydrogens (tertiary/aromatic N) is 1. The molecule has 1 fully saturated rings. The normalized spacial score (nSPS) is 17.4. The number of anilines is 1. The highest BCUT2D eigenvalue weighted by Gasteiger charge is 2.41. The summed E-state index contributed by atoms with van der Waals surface area (Å²) in [6.07, 6.45) is 1.43. The van der Waals surface area contributed by atoms with Crippen LogP contribution in [0.15, 0.2) is 41.0 Å². The Bertz CT molecular complexity index is 607. The number of carbonyl (C=O) groups is 1. The van der Waals surface area contributed by atoms with Crippen LogP contribution in [-0.2, 0) is 0 Å². The molecule has 0 saturated carbocycles. The monoisotopic (exact) mass is 257 g/mol. The lowest BCUT2D eigenvalue weighted by molar-refractivity contribution is 0.236. The van der Waals surface area contributed by atoms with Crippen molar-refractivity contribution in [1.29, 1.82) is 0 Å². The maximum absolute atomic E-state index is 12.0. The van der Waals surface area contributed by atoms with Gasteiger partial charge in [0.2, 0.25) is 0 Å². The SMILES string of the molecule is Cc1ccc(NC(=O)N2NC2c2ccco2)c(C)c1. The molecule has 98 valence electrons. The van der Waals surface area contributed by atoms with Gasteiger partial charge in [-0.3, -0.25) is 0 Å². The minimum Gasteiger partial charge on any atom is -0.466 e. The Balaban J connectivity index is 1.67. The predicted molar refractivity (Wildman–Crippen MR) is 71.4 cm³/mol. The van der Waals surface area contributed by atoms with Crippen LogP contribution in [0.1, 0.15) is 23.1 Å². The second-order valence-electron chi connectivity index (χ2n) is 4.67. The fourth-order valence-corrected chi connectivity index (χ4v) is 2.04. The fraction of sp³-hybridized carbons (Fsp3) is 0.214. The molecule has 2 aromatic rings. The van der Waals surface area contributed by atoms with Gasteiger partial charge in [0.15, 0.2) is 6.17 Å². The van der Waals surface area contributed by atoms with E-state index in [0.29, 0.717) is 0 Å². The number of carbonyl (C=O) groups excluding carboxylic acids is 1. The molecule has 1 aliphatic heterocycles. The molecule has 1 aliphatic rings. The Hall–Kier alpha value is -2.27. The Labute approximate surface area is 111 Å². The standard InChI is InChI=1S/C14H15N3O2/c1-9-5-6-11(10(2)8-9)15-14(18)17-13(16-17)12-4-3-7-19-12/h3-8,13,16H,1-2H3,(H,15,18). The molecule has 5 heteroatoms. The van der Waals surface area contributed by atoms with E-state index in [9.17, 15) is 4.79 Å². The van der Waals surface area contributed by atoms with Gasteiger partial charge in [0.05, 0.1) is 6.26 Å². The maximum atomic E-state index is 12.0. The zero-order chi connectivity index (χ0) is 13.4. The molecule has 0 radical (unpaired) electrons. The summed E-state index contributed by atoms with van der Waals surface area (Å²) in [6, 6.07) is 9.37. The highest BCUT2D eigenvalue weighted by atomic mass is 16.3. The molecule has 1 atom stereocenters. The Morgan fingerprint density at radius 3 is 2.89 bits per heavy atom. The number of aryl methyl sites for hydroxylation is 2. The van der Waals surface area contributed by atoms with E-state index in [1.807, 2.05) is 38.1 Å². The lowest BCUT2D eigenvalue weighted by atomic mass is 10.1. The smallest absolute Gasteiger partial charge is 0.338 e. The van der Waals surface area contributed by atoms with Crippen LogP contribution in [0.5, 0.6) is 0 Å². The molecule has 0 spiro atoms. The van der Waals surface area contributed by atoms with Crippen molar-refractivity contribution in [2.75, 3.05) is 5.32 Å². The first kappa shape index (κ1) is 11.8. The average Bonchev–Trinajstić information content (AvgIpc) is 2.99. The van der Waals surface area contributed by atoms with E-state index in [1.165, 1.54) is 10.6 Å². The number of urea groups is 1. The third kappa shape index (κ3) is 2.32. The molecular formula is C14H15N3O2. The number of hydrazine groups is 1. The van der Waals surface area contributed by atoms with Crippen LogP contribution in [-0.4, -0.2) is 11.0 Å². The summed E-state index contributed by atoms with van der Waals surface area (Å²) in [5.74, 6) is 0.732. The van der Waals surface area contributed by atoms with E-state index in [-0.39, 0.29) is 12.2 Å². The molecule has 5 nitrogen and oxygen atoms in total. The first-order valence-corrected chi connectivity index (χ1v) is 6.12. The summed E-state index contributed by atoms with van der Waals surface area (Å²) >= 11 is 0. The second-order valence-corrected chi connectivity index (χ2v) is 4.67. The molecule has 1 aromatic carbocycles. The van der Waals surface area contributed by atoms with E-state index in [4.69, 9.17) is 4.42 Å². The number of benzene rings is 1. The van der Waals surface area contributed by atoms with Crippen LogP contribution in [0, 0.1) is 13.8 Å². The van der Waals surface area contributed by atoms with Crippen LogP contribution >= 0.6 is 0 Å². The number of amides is 2. The zero-order valence-corrected chi connectivity index (χ0v) is 10.8. The van der Waals surface area contributed by atoms with Gasteiger partial charge in [-0.05, 0) is 37.6 Å². The van der Waals surface area contributed by atoms with Crippen molar-refractivity contribution < 1.29 is 9.21 Å². The molecule has 19 heavy (non-hydrogen) atoms. The Morgan fingerprint density at radius 1 is 1.37 bits per heavy atom. The van der Waals surface area contributed by atoms with Gasteiger partial charge >= 0.3 is 6.03 Å². The van der Waals surface area contributed by atoms with Gasteiger partial charge in [0, 0.05) is 5.69 Å². The van der Waals surface area contributed by atoms with Gasteiger partial charge in [-0.1, -0.05) is 17.7 Å². The van der Waals surface area contributed by atoms with Crippen molar-refractivity contribution >= 4 is 11.7 Å². The van der Waals surface area contributed by atoms with Crippen molar-refractivity contribution in [2.45, 2.75) is 20.0 Å². The van der Waals surface area contributed by atoms with E-state index in [2.05, 4.69) is 10.7 Å². The lowest BCUT2D eigenvalue weighted by Gasteiger charge is -2.08. The molecule has 2 amide bonds. The topological polar surface area (TPSA) is 67.2 Å². The summed E-state index contributed by atoms with van der Waals surface area (Å²) in [7, 11) is 0. The molecule has 2 N–H and O–H groups in total. The fourth-order valence-electron chi connectivity index (χ4n) is 2.04. The quantitative estimate of drug-likeness (QED) is 0.813. The summed E-state index contributed by atoms with van der Waals surface area (Å²) < 4.78 is 5.24. The largest absolute Gasteiger partial charge is 0.466 e. The van der Waals surface area contributed by atoms with E-state index >= 15 is 0 Å². The van der Waals surface area contributed by atoms with Crippen molar-refractivity contribution in [3.05, 3.63) is 53.5 Å². The van der Waals surface area contributed by atoms with E-state index in [0.717, 1.165) is 17.0 Å². The summed E-state index contributed by atoms with van der Waals surface area (Å²) in [5, 5.41) is 4.37. The van der Waals surface area contributed by atoms with Crippen LogP contribution in [0.4, 0.5) is 10.5 Å². The minimum atomic E-state index is -0.187. The first-order chi connectivity index (χ1) is 9.15. The highest BCUT2D eigenvalue weighted by molar-refractivity contribution is 5.91. The third-order valence-corrected chi connectivity index (χ3v) is 3.11. The zero-order valence-electron chi connectivity index (χ0n) is 10.8. The van der Waals surface area contributed by atoms with E-state index < -0.39 is 0 Å². The van der Waals surface area contributed by atoms with Crippen molar-refractivity contribution in [3.63, 3.8) is 0 Å². The Kier molecular flexibility index (Phi) is 2.76. The molecule has 3 rings (SSSR count). The number of hydrogen-bond donors (Lipinski definition) is 2. The maximum Gasteiger partial charge on any atom is 0.338 e. The van der Waals surface area contributed by atoms with Crippen molar-refractivity contribution in [3.8, 4) is 0 Å². The summed E-state index contributed by atoms with van der Waals surface area (Å²) in [6.45, 7) is 4.00. The number of rotatable bonds is 2. The highest BCUT2D eigenvalue weighted by Crippen LogP contribution is 2.29. The number of hydrogen-bond acceptors (Lipinski definition) is 3. The molecule has 1 saturated heterocycles. The van der Waals surface area contributed by atoms with Crippen LogP contribution in [0.2, 0.25) is 0 Å². The van der Waals surface area contributed by atoms with E-state index in [1.54, 1.807) is 12.3 Å². The van der Waals surface area contributed by atoms with Gasteiger partial charge in [0.1, 0.15) is 5.76 Å². The molecule has 0 aliphatic carbocycles. The number of furan rings is 1. The second kappa shape index (κ2) is 4.44. The summed E-state index contributed by atoms with van der Waals surface area (Å²) in [4.78, 5) is 12.0. The van der Waals surface area contributed by atoms with Crippen LogP contribution in [0.3, 0.4) is 0 Å². The van der Waals surface area contributed by atoms with Crippen molar-refractivity contribution in [1.82, 2.24) is 10.4 Å². The van der Waals surface area contributed by atoms with Gasteiger partial charge in [-0.25, -0.2) is 9.80 Å². The third-order valence-electron chi connectivity index (χ3n) is 3.11. The molecule has 2 heterocycles. The number of nitrogens with one attached hydrogen (secondary N) is 2. The van der Waals surface area contributed by atoms with Gasteiger partial charge in [-0.15, -0.1) is 0 Å². The first-order valence-electron chi connectivity index (χ1n) is 6.12. The van der Waals surface area contributed by atoms with Crippen LogP contribution < -0.4 is 10.7 Å². The molecule has 0 bridgehead atoms. The average molecular weight is 257 g/mol. The van der Waals surface area contributed by atoms with Gasteiger partial charge in [0.25, 0.3) is 0 Å². The van der Waals surface area contributed by atoms with Crippen molar-refractivity contribution in [2.24, 2.45) is 0 Å². The molecule has 1 unspecified atom stereocenters. The minimum absolute atomic E-state index is 0.166. The molecular weight excluding hydrogens is 242 g/mol. The van der Waals surface area contributed by atoms with Crippen LogP contribution in [0.25, 0.3) is 0 Å². The van der Waals surface area contributed by atoms with Gasteiger partial charge < -0.3 is 9.73 Å². The lowest BCUT2D eigenvalue weighted by Crippen LogP contribution is -2.21. The Morgan fingerprint density at radius 2 is 2.21 bits per heavy atom. The summed E-state index contributed by atoms with van der Waals surface area (Å²) in [5.41, 5.74) is 5.99. The predicted octanol–water partition coefficient (Wildman–Crippen LogP) is 2.95. The van der Waals surface area contributed by atoms with Gasteiger partial charge in [-0.2, -0.15) is 5.43 Å².